The maximum absolute atomic E-state index is 2.49. The highest BCUT2D eigenvalue weighted by Gasteiger charge is 2.41. The Bertz CT molecular complexity index is 2220. The largest absolute Gasteiger partial charge is 0.300 e. The third-order valence-electron chi connectivity index (χ3n) is 8.35. The van der Waals surface area contributed by atoms with Gasteiger partial charge in [-0.3, -0.25) is 4.40 Å². The fourth-order valence-electron chi connectivity index (χ4n) is 6.72. The number of para-hydroxylation sites is 2. The average Bonchev–Trinajstić information content (AvgIpc) is 3.67. The van der Waals surface area contributed by atoms with Crippen LogP contribution in [-0.4, -0.2) is 14.5 Å². The Hall–Kier alpha value is -5.15. The van der Waals surface area contributed by atoms with Crippen LogP contribution in [0.15, 0.2) is 140 Å². The van der Waals surface area contributed by atoms with Gasteiger partial charge in [0.2, 0.25) is 5.65 Å². The lowest BCUT2D eigenvalue weighted by molar-refractivity contribution is 0.993. The quantitative estimate of drug-likeness (QED) is 0.211. The maximum atomic E-state index is 2.49. The van der Waals surface area contributed by atoms with Gasteiger partial charge in [-0.1, -0.05) is 97.1 Å². The van der Waals surface area contributed by atoms with Gasteiger partial charge in [0.25, 0.3) is 5.82 Å². The van der Waals surface area contributed by atoms with Gasteiger partial charge in [-0.05, 0) is 47.5 Å². The van der Waals surface area contributed by atoms with E-state index in [9.17, 15) is 0 Å². The summed E-state index contributed by atoms with van der Waals surface area (Å²) >= 11 is 0. The summed E-state index contributed by atoms with van der Waals surface area (Å²) < 4.78 is 7.43. The number of rotatable bonds is 2. The van der Waals surface area contributed by atoms with Crippen molar-refractivity contribution in [3.63, 3.8) is 0 Å². The number of benzene rings is 4. The van der Waals surface area contributed by atoms with Crippen molar-refractivity contribution in [2.24, 2.45) is 0 Å². The van der Waals surface area contributed by atoms with E-state index in [4.69, 9.17) is 0 Å². The van der Waals surface area contributed by atoms with Crippen LogP contribution in [0.25, 0.3) is 44.1 Å². The van der Waals surface area contributed by atoms with Crippen molar-refractivity contribution in [3.8, 4) is 11.1 Å². The summed E-state index contributed by atoms with van der Waals surface area (Å²) in [5.41, 5.74) is 11.2. The molecule has 0 fully saturated rings. The first kappa shape index (κ1) is 20.9. The molecule has 1 aliphatic heterocycles. The molecule has 182 valence electrons. The topological polar surface area (TPSA) is 11.8 Å². The molecule has 3 heteroatoms. The summed E-state index contributed by atoms with van der Waals surface area (Å²) in [5, 5.41) is 2.51. The van der Waals surface area contributed by atoms with Crippen LogP contribution in [0.3, 0.4) is 0 Å². The molecule has 2 aliphatic rings. The minimum atomic E-state index is 0.169. The molecule has 0 N–H and O–H groups in total. The molecule has 0 saturated carbocycles. The van der Waals surface area contributed by atoms with Crippen LogP contribution in [0.4, 0.5) is 11.5 Å². The Morgan fingerprint density at radius 1 is 0.564 bits per heavy atom. The lowest BCUT2D eigenvalue weighted by Gasteiger charge is -2.10. The molecule has 4 heterocycles. The fraction of sp³-hybridized carbons (Fsp3) is 0.0278. The lowest BCUT2D eigenvalue weighted by Crippen LogP contribution is -2.15. The lowest BCUT2D eigenvalue weighted by atomic mass is 9.93. The van der Waals surface area contributed by atoms with Crippen molar-refractivity contribution in [2.45, 2.75) is 5.92 Å². The van der Waals surface area contributed by atoms with Gasteiger partial charge in [-0.2, -0.15) is 8.98 Å². The van der Waals surface area contributed by atoms with Gasteiger partial charge in [0.1, 0.15) is 16.9 Å². The minimum Gasteiger partial charge on any atom is -0.276 e. The molecule has 4 aromatic carbocycles. The second-order valence-corrected chi connectivity index (χ2v) is 10.5. The van der Waals surface area contributed by atoms with Crippen molar-refractivity contribution in [1.82, 2.24) is 13.4 Å². The number of allylic oxidation sites excluding steroid dienone is 4. The average molecular weight is 499 g/mol. The molecular weight excluding hydrogens is 474 g/mol. The van der Waals surface area contributed by atoms with Gasteiger partial charge < -0.3 is 0 Å². The zero-order chi connectivity index (χ0) is 25.5. The van der Waals surface area contributed by atoms with E-state index in [2.05, 4.69) is 153 Å². The normalized spacial score (nSPS) is 16.2. The first-order chi connectivity index (χ1) is 19.4. The molecule has 0 saturated heterocycles. The van der Waals surface area contributed by atoms with Gasteiger partial charge in [-0.25, -0.2) is 0 Å². The zero-order valence-electron chi connectivity index (χ0n) is 21.2. The predicted molar refractivity (Wildman–Crippen MR) is 163 cm³/mol. The van der Waals surface area contributed by atoms with E-state index < -0.39 is 0 Å². The second kappa shape index (κ2) is 7.68. The van der Waals surface area contributed by atoms with E-state index in [1.54, 1.807) is 0 Å². The molecule has 9 rings (SSSR count). The standard InChI is InChI=1S/C36H24N3/c1-2-11-24(12-3-1)25-15-10-16-28(21-25)37-32-20-9-6-17-29(32)35-33-22-26-13-4-7-18-30(26)38(33)34-23-27-14-5-8-19-31(27)39(34)36(35)37/h1-23,29H/q+1. The highest BCUT2D eigenvalue weighted by Crippen LogP contribution is 2.46. The molecular formula is C36H24N3+. The summed E-state index contributed by atoms with van der Waals surface area (Å²) in [6, 6.07) is 41.8. The van der Waals surface area contributed by atoms with E-state index in [1.165, 1.54) is 66.9 Å². The van der Waals surface area contributed by atoms with Crippen molar-refractivity contribution in [1.29, 1.82) is 0 Å². The van der Waals surface area contributed by atoms with E-state index in [1.807, 2.05) is 0 Å². The maximum Gasteiger partial charge on any atom is 0.300 e. The first-order valence-corrected chi connectivity index (χ1v) is 13.5. The number of fused-ring (bicyclic) bond motifs is 12. The highest BCUT2D eigenvalue weighted by atomic mass is 15.2. The molecule has 0 bridgehead atoms. The van der Waals surface area contributed by atoms with E-state index >= 15 is 0 Å². The van der Waals surface area contributed by atoms with Crippen molar-refractivity contribution in [3.05, 3.63) is 145 Å². The van der Waals surface area contributed by atoms with Crippen LogP contribution in [0, 0.1) is 0 Å². The molecule has 3 aromatic heterocycles. The Labute approximate surface area is 225 Å². The van der Waals surface area contributed by atoms with Crippen molar-refractivity contribution < 1.29 is 0 Å². The van der Waals surface area contributed by atoms with Gasteiger partial charge in [-0.15, -0.1) is 0 Å². The molecule has 3 nitrogen and oxygen atoms in total. The summed E-state index contributed by atoms with van der Waals surface area (Å²) in [6.07, 6.45) is 9.00. The molecule has 39 heavy (non-hydrogen) atoms. The SMILES string of the molecule is C1=CC2=[N+](c3cccc(-c4ccccc4)c3)c3c(c4cc5ccccc5n4c4cc5ccccc5n34)C2C=C1. The van der Waals surface area contributed by atoms with Crippen LogP contribution < -0.4 is 4.58 Å². The first-order valence-electron chi connectivity index (χ1n) is 13.5. The third kappa shape index (κ3) is 2.79. The molecule has 0 radical (unpaired) electrons. The number of hydrogen-bond acceptors (Lipinski definition) is 0. The molecule has 0 spiro atoms. The van der Waals surface area contributed by atoms with E-state index in [0.717, 1.165) is 0 Å². The summed E-state index contributed by atoms with van der Waals surface area (Å²) in [7, 11) is 0. The van der Waals surface area contributed by atoms with Crippen molar-refractivity contribution in [2.75, 3.05) is 0 Å². The van der Waals surface area contributed by atoms with Crippen molar-refractivity contribution >= 4 is 50.2 Å². The van der Waals surface area contributed by atoms with Crippen LogP contribution in [0.2, 0.25) is 0 Å². The second-order valence-electron chi connectivity index (χ2n) is 10.5. The fourth-order valence-corrected chi connectivity index (χ4v) is 6.72. The predicted octanol–water partition coefficient (Wildman–Crippen LogP) is 8.66. The summed E-state index contributed by atoms with van der Waals surface area (Å²) in [5.74, 6) is 1.39. The van der Waals surface area contributed by atoms with Crippen LogP contribution in [0.5, 0.6) is 0 Å². The third-order valence-corrected chi connectivity index (χ3v) is 8.35. The van der Waals surface area contributed by atoms with Gasteiger partial charge in [0.05, 0.1) is 22.5 Å². The Morgan fingerprint density at radius 3 is 2.13 bits per heavy atom. The monoisotopic (exact) mass is 498 g/mol. The van der Waals surface area contributed by atoms with Crippen LogP contribution in [0.1, 0.15) is 11.5 Å². The number of hydrogen-bond donors (Lipinski definition) is 0. The van der Waals surface area contributed by atoms with Crippen LogP contribution in [-0.2, 0) is 0 Å². The Morgan fingerprint density at radius 2 is 1.28 bits per heavy atom. The molecule has 1 aliphatic carbocycles. The number of aromatic nitrogens is 2. The summed E-state index contributed by atoms with van der Waals surface area (Å²) in [4.78, 5) is 0. The summed E-state index contributed by atoms with van der Waals surface area (Å²) in [6.45, 7) is 0. The molecule has 0 amide bonds. The minimum absolute atomic E-state index is 0.169. The Kier molecular flexibility index (Phi) is 4.11. The molecule has 7 aromatic rings. The molecule has 1 atom stereocenters. The Balaban J connectivity index is 1.46. The van der Waals surface area contributed by atoms with E-state index in [-0.39, 0.29) is 5.92 Å². The van der Waals surface area contributed by atoms with Gasteiger partial charge >= 0.3 is 0 Å². The zero-order valence-corrected chi connectivity index (χ0v) is 21.2. The van der Waals surface area contributed by atoms with Crippen LogP contribution >= 0.6 is 0 Å². The molecule has 1 unspecified atom stereocenters. The van der Waals surface area contributed by atoms with E-state index in [0.29, 0.717) is 0 Å². The highest BCUT2D eigenvalue weighted by molar-refractivity contribution is 6.13. The van der Waals surface area contributed by atoms with Gasteiger partial charge in [0, 0.05) is 16.8 Å². The smallest absolute Gasteiger partial charge is 0.276 e. The number of nitrogens with zero attached hydrogens (tertiary/aromatic N) is 3. The van der Waals surface area contributed by atoms with Gasteiger partial charge in [0.15, 0.2) is 0 Å².